The molecule has 0 aliphatic rings. The first-order valence-corrected chi connectivity index (χ1v) is 11.6. The Morgan fingerprint density at radius 2 is 1.75 bits per heavy atom. The zero-order valence-electron chi connectivity index (χ0n) is 17.5. The van der Waals surface area contributed by atoms with E-state index in [1.54, 1.807) is 22.8 Å². The standard InChI is InChI=1S/C25H22ClN3O2S/c1-17(19-10-6-3-7-11-19)27-23(30)16-32-25-28-22-14-20(26)12-13-21(22)24(31)29(25)15-18-8-4-2-5-9-18/h2-14,17H,15-16H2,1H3,(H,27,30)/t17-/m0/s1. The summed E-state index contributed by atoms with van der Waals surface area (Å²) >= 11 is 7.36. The van der Waals surface area contributed by atoms with Gasteiger partial charge in [-0.15, -0.1) is 0 Å². The van der Waals surface area contributed by atoms with Crippen LogP contribution in [-0.2, 0) is 11.3 Å². The van der Waals surface area contributed by atoms with Gasteiger partial charge >= 0.3 is 0 Å². The molecule has 7 heteroatoms. The van der Waals surface area contributed by atoms with E-state index in [9.17, 15) is 9.59 Å². The molecule has 1 atom stereocenters. The Morgan fingerprint density at radius 1 is 1.06 bits per heavy atom. The Morgan fingerprint density at radius 3 is 2.47 bits per heavy atom. The topological polar surface area (TPSA) is 64.0 Å². The minimum absolute atomic E-state index is 0.112. The largest absolute Gasteiger partial charge is 0.349 e. The van der Waals surface area contributed by atoms with Crippen molar-refractivity contribution in [3.05, 3.63) is 105 Å². The van der Waals surface area contributed by atoms with Crippen molar-refractivity contribution in [2.24, 2.45) is 0 Å². The van der Waals surface area contributed by atoms with Crippen LogP contribution < -0.4 is 10.9 Å². The van der Waals surface area contributed by atoms with E-state index in [4.69, 9.17) is 11.6 Å². The molecule has 0 saturated carbocycles. The molecule has 0 radical (unpaired) electrons. The van der Waals surface area contributed by atoms with Gasteiger partial charge in [0.2, 0.25) is 5.91 Å². The van der Waals surface area contributed by atoms with Crippen molar-refractivity contribution in [3.8, 4) is 0 Å². The van der Waals surface area contributed by atoms with Crippen LogP contribution in [0.3, 0.4) is 0 Å². The second-order valence-electron chi connectivity index (χ2n) is 7.42. The number of aromatic nitrogens is 2. The van der Waals surface area contributed by atoms with Crippen LogP contribution in [0, 0.1) is 0 Å². The van der Waals surface area contributed by atoms with Gasteiger partial charge in [0.25, 0.3) is 5.56 Å². The molecule has 162 valence electrons. The summed E-state index contributed by atoms with van der Waals surface area (Å²) in [4.78, 5) is 30.5. The molecular weight excluding hydrogens is 442 g/mol. The fraction of sp³-hybridized carbons (Fsp3) is 0.160. The number of nitrogens with zero attached hydrogens (tertiary/aromatic N) is 2. The summed E-state index contributed by atoms with van der Waals surface area (Å²) in [5.74, 6) is 0.0165. The fourth-order valence-corrected chi connectivity index (χ4v) is 4.40. The summed E-state index contributed by atoms with van der Waals surface area (Å²) in [5, 5.41) is 4.49. The van der Waals surface area contributed by atoms with Gasteiger partial charge in [0.1, 0.15) is 0 Å². The van der Waals surface area contributed by atoms with Crippen molar-refractivity contribution in [1.29, 1.82) is 0 Å². The van der Waals surface area contributed by atoms with Crippen molar-refractivity contribution in [2.75, 3.05) is 5.75 Å². The zero-order valence-corrected chi connectivity index (χ0v) is 19.1. The molecule has 1 heterocycles. The number of carbonyl (C=O) groups is 1. The van der Waals surface area contributed by atoms with Gasteiger partial charge in [0.05, 0.1) is 29.2 Å². The van der Waals surface area contributed by atoms with E-state index in [0.29, 0.717) is 27.6 Å². The summed E-state index contributed by atoms with van der Waals surface area (Å²) in [6.07, 6.45) is 0. The molecule has 0 unspecified atom stereocenters. The maximum absolute atomic E-state index is 13.2. The third kappa shape index (κ3) is 5.21. The summed E-state index contributed by atoms with van der Waals surface area (Å²) < 4.78 is 1.62. The third-order valence-electron chi connectivity index (χ3n) is 5.08. The Labute approximate surface area is 195 Å². The maximum Gasteiger partial charge on any atom is 0.262 e. The van der Waals surface area contributed by atoms with Gasteiger partial charge in [0, 0.05) is 5.02 Å². The Hall–Kier alpha value is -3.09. The van der Waals surface area contributed by atoms with Gasteiger partial charge in [0.15, 0.2) is 5.16 Å². The van der Waals surface area contributed by atoms with E-state index in [-0.39, 0.29) is 23.3 Å². The summed E-state index contributed by atoms with van der Waals surface area (Å²) in [6.45, 7) is 2.31. The lowest BCUT2D eigenvalue weighted by atomic mass is 10.1. The molecule has 32 heavy (non-hydrogen) atoms. The normalized spacial score (nSPS) is 11.9. The molecule has 0 fully saturated rings. The molecule has 0 aliphatic heterocycles. The molecule has 1 aromatic heterocycles. The van der Waals surface area contributed by atoms with Crippen LogP contribution in [0.2, 0.25) is 5.02 Å². The van der Waals surface area contributed by atoms with Crippen LogP contribution in [0.4, 0.5) is 0 Å². The first-order chi connectivity index (χ1) is 15.5. The number of thioether (sulfide) groups is 1. The second kappa shape index (κ2) is 10.0. The van der Waals surface area contributed by atoms with Crippen molar-refractivity contribution in [3.63, 3.8) is 0 Å². The van der Waals surface area contributed by atoms with Crippen molar-refractivity contribution in [2.45, 2.75) is 24.7 Å². The van der Waals surface area contributed by atoms with Crippen LogP contribution in [0.1, 0.15) is 24.1 Å². The quantitative estimate of drug-likeness (QED) is 0.307. The Kier molecular flexibility index (Phi) is 6.93. The minimum atomic E-state index is -0.156. The molecule has 0 aliphatic carbocycles. The number of carbonyl (C=O) groups excluding carboxylic acids is 1. The van der Waals surface area contributed by atoms with Gasteiger partial charge in [-0.3, -0.25) is 14.2 Å². The molecule has 0 bridgehead atoms. The lowest BCUT2D eigenvalue weighted by molar-refractivity contribution is -0.119. The predicted molar refractivity (Wildman–Crippen MR) is 130 cm³/mol. The number of nitrogens with one attached hydrogen (secondary N) is 1. The van der Waals surface area contributed by atoms with Crippen LogP contribution in [-0.4, -0.2) is 21.2 Å². The van der Waals surface area contributed by atoms with E-state index < -0.39 is 0 Å². The van der Waals surface area contributed by atoms with Crippen LogP contribution in [0.15, 0.2) is 88.8 Å². The lowest BCUT2D eigenvalue weighted by Crippen LogP contribution is -2.29. The van der Waals surface area contributed by atoms with Gasteiger partial charge in [-0.05, 0) is 36.2 Å². The monoisotopic (exact) mass is 463 g/mol. The van der Waals surface area contributed by atoms with Gasteiger partial charge in [-0.1, -0.05) is 84.0 Å². The smallest absolute Gasteiger partial charge is 0.262 e. The highest BCUT2D eigenvalue weighted by molar-refractivity contribution is 7.99. The van der Waals surface area contributed by atoms with Gasteiger partial charge in [-0.25, -0.2) is 4.98 Å². The van der Waals surface area contributed by atoms with E-state index in [0.717, 1.165) is 11.1 Å². The number of fused-ring (bicyclic) bond motifs is 1. The molecule has 0 saturated heterocycles. The average molecular weight is 464 g/mol. The van der Waals surface area contributed by atoms with Crippen molar-refractivity contribution >= 4 is 40.2 Å². The Bertz CT molecular complexity index is 1290. The molecule has 5 nitrogen and oxygen atoms in total. The lowest BCUT2D eigenvalue weighted by Gasteiger charge is -2.16. The fourth-order valence-electron chi connectivity index (χ4n) is 3.43. The molecular formula is C25H22ClN3O2S. The minimum Gasteiger partial charge on any atom is -0.349 e. The predicted octanol–water partition coefficient (Wildman–Crippen LogP) is 5.07. The maximum atomic E-state index is 13.2. The van der Waals surface area contributed by atoms with E-state index >= 15 is 0 Å². The van der Waals surface area contributed by atoms with E-state index in [2.05, 4.69) is 10.3 Å². The number of hydrogen-bond donors (Lipinski definition) is 1. The molecule has 0 spiro atoms. The highest BCUT2D eigenvalue weighted by Gasteiger charge is 2.15. The van der Waals surface area contributed by atoms with Gasteiger partial charge in [-0.2, -0.15) is 0 Å². The highest BCUT2D eigenvalue weighted by atomic mass is 35.5. The van der Waals surface area contributed by atoms with E-state index in [1.165, 1.54) is 11.8 Å². The van der Waals surface area contributed by atoms with Crippen molar-refractivity contribution < 1.29 is 4.79 Å². The van der Waals surface area contributed by atoms with Crippen LogP contribution in [0.25, 0.3) is 10.9 Å². The van der Waals surface area contributed by atoms with Crippen molar-refractivity contribution in [1.82, 2.24) is 14.9 Å². The third-order valence-corrected chi connectivity index (χ3v) is 6.29. The molecule has 1 N–H and O–H groups in total. The number of benzene rings is 3. The summed E-state index contributed by atoms with van der Waals surface area (Å²) in [6, 6.07) is 24.4. The SMILES string of the molecule is C[C@H](NC(=O)CSc1nc2cc(Cl)ccc2c(=O)n1Cc1ccccc1)c1ccccc1. The molecule has 3 aromatic carbocycles. The number of rotatable bonds is 7. The molecule has 4 aromatic rings. The second-order valence-corrected chi connectivity index (χ2v) is 8.80. The average Bonchev–Trinajstić information content (AvgIpc) is 2.81. The number of halogens is 1. The van der Waals surface area contributed by atoms with Crippen LogP contribution >= 0.6 is 23.4 Å². The van der Waals surface area contributed by atoms with Crippen LogP contribution in [0.5, 0.6) is 0 Å². The summed E-state index contributed by atoms with van der Waals surface area (Å²) in [7, 11) is 0. The Balaban J connectivity index is 1.59. The highest BCUT2D eigenvalue weighted by Crippen LogP contribution is 2.22. The number of hydrogen-bond acceptors (Lipinski definition) is 4. The first-order valence-electron chi connectivity index (χ1n) is 10.2. The summed E-state index contributed by atoms with van der Waals surface area (Å²) in [5.41, 5.74) is 2.38. The molecule has 1 amide bonds. The first kappa shape index (κ1) is 22.1. The number of amides is 1. The van der Waals surface area contributed by atoms with Gasteiger partial charge < -0.3 is 5.32 Å². The van der Waals surface area contributed by atoms with E-state index in [1.807, 2.05) is 67.6 Å². The molecule has 4 rings (SSSR count). The zero-order chi connectivity index (χ0) is 22.5.